The van der Waals surface area contributed by atoms with Crippen LogP contribution in [0.25, 0.3) is 11.1 Å². The predicted molar refractivity (Wildman–Crippen MR) is 67.1 cm³/mol. The number of aromatic nitrogens is 1. The highest BCUT2D eigenvalue weighted by Gasteiger charge is 2.24. The number of rotatable bonds is 1. The molecule has 2 heterocycles. The van der Waals surface area contributed by atoms with E-state index in [1.165, 1.54) is 0 Å². The first kappa shape index (κ1) is 11.2. The minimum Gasteiger partial charge on any atom is -0.486 e. The van der Waals surface area contributed by atoms with Crippen LogP contribution in [-0.2, 0) is 0 Å². The summed E-state index contributed by atoms with van der Waals surface area (Å²) >= 11 is 6.19. The fraction of sp³-hybridized carbons (Fsp3) is 0.250. The van der Waals surface area contributed by atoms with Crippen molar-refractivity contribution in [1.82, 2.24) is 5.16 Å². The van der Waals surface area contributed by atoms with E-state index in [4.69, 9.17) is 31.3 Å². The molecule has 6 heteroatoms. The van der Waals surface area contributed by atoms with Crippen LogP contribution in [-0.4, -0.2) is 18.4 Å². The molecule has 2 N–H and O–H groups in total. The largest absolute Gasteiger partial charge is 0.486 e. The van der Waals surface area contributed by atoms with E-state index in [1.54, 1.807) is 12.3 Å². The lowest BCUT2D eigenvalue weighted by Gasteiger charge is -2.22. The van der Waals surface area contributed by atoms with Crippen LogP contribution in [0.4, 0.5) is 5.88 Å². The van der Waals surface area contributed by atoms with Gasteiger partial charge in [-0.1, -0.05) is 16.8 Å². The summed E-state index contributed by atoms with van der Waals surface area (Å²) in [5, 5.41) is 4.27. The van der Waals surface area contributed by atoms with Gasteiger partial charge in [0.25, 0.3) is 0 Å². The van der Waals surface area contributed by atoms with Crippen molar-refractivity contribution < 1.29 is 14.0 Å². The molecule has 0 unspecified atom stereocenters. The van der Waals surface area contributed by atoms with E-state index in [0.29, 0.717) is 35.3 Å². The van der Waals surface area contributed by atoms with Crippen LogP contribution < -0.4 is 15.2 Å². The number of halogens is 1. The number of nitrogens with zero attached hydrogens (tertiary/aromatic N) is 1. The molecule has 5 nitrogen and oxygen atoms in total. The molecule has 0 saturated heterocycles. The van der Waals surface area contributed by atoms with Gasteiger partial charge in [0.2, 0.25) is 5.88 Å². The van der Waals surface area contributed by atoms with Gasteiger partial charge in [0.05, 0.1) is 11.8 Å². The molecule has 0 saturated carbocycles. The summed E-state index contributed by atoms with van der Waals surface area (Å²) in [5.41, 5.74) is 8.05. The zero-order chi connectivity index (χ0) is 12.7. The molecule has 1 aromatic carbocycles. The number of nitrogens with two attached hydrogens (primary N) is 1. The average Bonchev–Trinajstić information content (AvgIpc) is 2.77. The van der Waals surface area contributed by atoms with Crippen molar-refractivity contribution in [3.63, 3.8) is 0 Å². The monoisotopic (exact) mass is 266 g/mol. The van der Waals surface area contributed by atoms with Gasteiger partial charge in [0.15, 0.2) is 11.5 Å². The van der Waals surface area contributed by atoms with Gasteiger partial charge < -0.3 is 19.7 Å². The van der Waals surface area contributed by atoms with Crippen molar-refractivity contribution in [3.8, 4) is 22.6 Å². The number of nitrogen functional groups attached to an aromatic ring is 1. The summed E-state index contributed by atoms with van der Waals surface area (Å²) in [4.78, 5) is 0. The standard InChI is InChI=1S/C12H11ClN2O3/c1-6-8(13)4-9-11(17-3-2-16-9)10(6)7-5-15-18-12(7)14/h4-5H,2-3,14H2,1H3. The third kappa shape index (κ3) is 1.59. The van der Waals surface area contributed by atoms with E-state index in [9.17, 15) is 0 Å². The van der Waals surface area contributed by atoms with Crippen molar-refractivity contribution in [3.05, 3.63) is 22.8 Å². The Kier molecular flexibility index (Phi) is 2.56. The van der Waals surface area contributed by atoms with Crippen LogP contribution in [0, 0.1) is 6.92 Å². The fourth-order valence-corrected chi connectivity index (χ4v) is 2.20. The lowest BCUT2D eigenvalue weighted by atomic mass is 10.0. The minimum atomic E-state index is 0.233. The number of benzene rings is 1. The third-order valence-electron chi connectivity index (χ3n) is 2.90. The maximum Gasteiger partial charge on any atom is 0.230 e. The Morgan fingerprint density at radius 3 is 2.83 bits per heavy atom. The van der Waals surface area contributed by atoms with Gasteiger partial charge in [-0.05, 0) is 12.5 Å². The smallest absolute Gasteiger partial charge is 0.230 e. The topological polar surface area (TPSA) is 70.5 Å². The minimum absolute atomic E-state index is 0.233. The highest BCUT2D eigenvalue weighted by molar-refractivity contribution is 6.32. The first-order chi connectivity index (χ1) is 8.68. The molecule has 0 fully saturated rings. The third-order valence-corrected chi connectivity index (χ3v) is 3.29. The predicted octanol–water partition coefficient (Wildman–Crippen LogP) is 2.66. The van der Waals surface area contributed by atoms with Crippen LogP contribution in [0.1, 0.15) is 5.56 Å². The van der Waals surface area contributed by atoms with E-state index in [1.807, 2.05) is 6.92 Å². The highest BCUT2D eigenvalue weighted by Crippen LogP contribution is 2.46. The fourth-order valence-electron chi connectivity index (χ4n) is 2.01. The molecule has 0 amide bonds. The van der Waals surface area contributed by atoms with Gasteiger partial charge in [-0.25, -0.2) is 0 Å². The van der Waals surface area contributed by atoms with Gasteiger partial charge in [-0.3, -0.25) is 0 Å². The van der Waals surface area contributed by atoms with Crippen molar-refractivity contribution in [2.45, 2.75) is 6.92 Å². The molecule has 1 aliphatic heterocycles. The summed E-state index contributed by atoms with van der Waals surface area (Å²) < 4.78 is 16.1. The molecule has 0 spiro atoms. The quantitative estimate of drug-likeness (QED) is 0.859. The Balaban J connectivity index is 2.30. The average molecular weight is 267 g/mol. The van der Waals surface area contributed by atoms with Crippen molar-refractivity contribution in [2.75, 3.05) is 18.9 Å². The van der Waals surface area contributed by atoms with Crippen LogP contribution in [0.15, 0.2) is 16.8 Å². The van der Waals surface area contributed by atoms with E-state index < -0.39 is 0 Å². The first-order valence-corrected chi connectivity index (χ1v) is 5.85. The van der Waals surface area contributed by atoms with E-state index >= 15 is 0 Å². The van der Waals surface area contributed by atoms with E-state index in [-0.39, 0.29) is 5.88 Å². The van der Waals surface area contributed by atoms with E-state index in [2.05, 4.69) is 5.16 Å². The van der Waals surface area contributed by atoms with Crippen molar-refractivity contribution in [1.29, 1.82) is 0 Å². The molecule has 0 bridgehead atoms. The van der Waals surface area contributed by atoms with Crippen LogP contribution in [0.2, 0.25) is 5.02 Å². The second-order valence-electron chi connectivity index (χ2n) is 3.99. The highest BCUT2D eigenvalue weighted by atomic mass is 35.5. The Bertz CT molecular complexity index is 610. The molecule has 0 atom stereocenters. The van der Waals surface area contributed by atoms with Gasteiger partial charge in [0.1, 0.15) is 13.2 Å². The summed E-state index contributed by atoms with van der Waals surface area (Å²) in [5.74, 6) is 1.49. The lowest BCUT2D eigenvalue weighted by molar-refractivity contribution is 0.172. The maximum atomic E-state index is 6.19. The molecule has 0 aliphatic carbocycles. The number of hydrogen-bond acceptors (Lipinski definition) is 5. The Morgan fingerprint density at radius 1 is 1.33 bits per heavy atom. The molecule has 3 rings (SSSR count). The van der Waals surface area contributed by atoms with E-state index in [0.717, 1.165) is 11.1 Å². The summed E-state index contributed by atoms with van der Waals surface area (Å²) in [6, 6.07) is 1.75. The number of anilines is 1. The molecule has 2 aromatic rings. The SMILES string of the molecule is Cc1c(Cl)cc2c(c1-c1cnoc1N)OCCO2. The molecule has 1 aliphatic rings. The Hall–Kier alpha value is -1.88. The summed E-state index contributed by atoms with van der Waals surface area (Å²) in [7, 11) is 0. The maximum absolute atomic E-state index is 6.19. The van der Waals surface area contributed by atoms with Gasteiger partial charge in [0, 0.05) is 16.7 Å². The Labute approximate surface area is 108 Å². The molecule has 18 heavy (non-hydrogen) atoms. The van der Waals surface area contributed by atoms with Gasteiger partial charge in [-0.15, -0.1) is 0 Å². The molecule has 94 valence electrons. The van der Waals surface area contributed by atoms with Crippen LogP contribution >= 0.6 is 11.6 Å². The van der Waals surface area contributed by atoms with Crippen LogP contribution in [0.3, 0.4) is 0 Å². The number of fused-ring (bicyclic) bond motifs is 1. The van der Waals surface area contributed by atoms with Crippen LogP contribution in [0.5, 0.6) is 11.5 Å². The molecule has 1 aromatic heterocycles. The van der Waals surface area contributed by atoms with Gasteiger partial charge in [-0.2, -0.15) is 0 Å². The lowest BCUT2D eigenvalue weighted by Crippen LogP contribution is -2.16. The van der Waals surface area contributed by atoms with Gasteiger partial charge >= 0.3 is 0 Å². The zero-order valence-electron chi connectivity index (χ0n) is 9.70. The summed E-state index contributed by atoms with van der Waals surface area (Å²) in [6.45, 7) is 2.89. The molecule has 0 radical (unpaired) electrons. The first-order valence-electron chi connectivity index (χ1n) is 5.47. The molecular weight excluding hydrogens is 256 g/mol. The Morgan fingerprint density at radius 2 is 2.11 bits per heavy atom. The normalized spacial score (nSPS) is 13.7. The zero-order valence-corrected chi connectivity index (χ0v) is 10.5. The van der Waals surface area contributed by atoms with Crippen molar-refractivity contribution in [2.24, 2.45) is 0 Å². The van der Waals surface area contributed by atoms with Crippen molar-refractivity contribution >= 4 is 17.5 Å². The second-order valence-corrected chi connectivity index (χ2v) is 4.39. The number of hydrogen-bond donors (Lipinski definition) is 1. The molecular formula is C12H11ClN2O3. The second kappa shape index (κ2) is 4.10. The summed E-state index contributed by atoms with van der Waals surface area (Å²) in [6.07, 6.45) is 1.55. The number of ether oxygens (including phenoxy) is 2.